The molecule has 8 rings (SSSR count). The first-order valence-corrected chi connectivity index (χ1v) is 14.1. The molecule has 0 bridgehead atoms. The minimum Gasteiger partial charge on any atom is -0.309 e. The van der Waals surface area contributed by atoms with E-state index in [4.69, 9.17) is 0 Å². The lowest BCUT2D eigenvalue weighted by Gasteiger charge is -2.43. The molecule has 2 heteroatoms. The van der Waals surface area contributed by atoms with Crippen LogP contribution in [0.4, 0.5) is 17.1 Å². The molecule has 0 radical (unpaired) electrons. The van der Waals surface area contributed by atoms with Crippen molar-refractivity contribution in [3.63, 3.8) is 0 Å². The van der Waals surface area contributed by atoms with Gasteiger partial charge in [-0.2, -0.15) is 0 Å². The summed E-state index contributed by atoms with van der Waals surface area (Å²) in [4.78, 5) is 2.55. The number of anilines is 3. The third kappa shape index (κ3) is 2.87. The lowest BCUT2D eigenvalue weighted by Crippen LogP contribution is -2.31. The minimum absolute atomic E-state index is 0.129. The molecule has 1 nitrogen and oxygen atoms in total. The molecule has 0 fully saturated rings. The van der Waals surface area contributed by atoms with Gasteiger partial charge in [0.05, 0.1) is 17.1 Å². The fraction of sp³-hybridized carbons (Fsp3) is 0.111. The zero-order valence-corrected chi connectivity index (χ0v) is 23.0. The summed E-state index contributed by atoms with van der Waals surface area (Å²) in [5, 5.41) is 4.97. The van der Waals surface area contributed by atoms with Crippen molar-refractivity contribution in [3.05, 3.63) is 136 Å². The molecule has 0 unspecified atom stereocenters. The molecule has 0 amide bonds. The maximum atomic E-state index is 3.96. The van der Waals surface area contributed by atoms with E-state index < -0.39 is 0 Å². The molecule has 0 saturated heterocycles. The van der Waals surface area contributed by atoms with Crippen LogP contribution in [0.1, 0.15) is 36.1 Å². The highest BCUT2D eigenvalue weighted by atomic mass is 79.9. The van der Waals surface area contributed by atoms with Gasteiger partial charge in [0.1, 0.15) is 0 Å². The Hall–Kier alpha value is -3.88. The van der Waals surface area contributed by atoms with Gasteiger partial charge in [-0.25, -0.2) is 0 Å². The number of hydrogen-bond acceptors (Lipinski definition) is 1. The van der Waals surface area contributed by atoms with Gasteiger partial charge >= 0.3 is 0 Å². The molecule has 1 aliphatic heterocycles. The number of halogens is 1. The SMILES string of the molecule is CC1(C)c2ccccc2N(c2c3ccccc3c(Br)c3ccccc23)c2cc3c(cc21)-c1ccccc1C3. The molecule has 0 aromatic heterocycles. The lowest BCUT2D eigenvalue weighted by molar-refractivity contribution is 0.632. The van der Waals surface area contributed by atoms with Gasteiger partial charge in [0, 0.05) is 20.7 Å². The van der Waals surface area contributed by atoms with Gasteiger partial charge in [0.25, 0.3) is 0 Å². The van der Waals surface area contributed by atoms with Crippen molar-refractivity contribution in [1.82, 2.24) is 0 Å². The van der Waals surface area contributed by atoms with Crippen LogP contribution in [0.25, 0.3) is 32.7 Å². The van der Waals surface area contributed by atoms with Crippen LogP contribution in [-0.2, 0) is 11.8 Å². The van der Waals surface area contributed by atoms with Crippen LogP contribution in [0.15, 0.2) is 114 Å². The third-order valence-corrected chi connectivity index (χ3v) is 9.56. The van der Waals surface area contributed by atoms with Crippen LogP contribution in [0.5, 0.6) is 0 Å². The molecule has 2 aliphatic rings. The lowest BCUT2D eigenvalue weighted by atomic mass is 9.72. The maximum Gasteiger partial charge on any atom is 0.0619 e. The van der Waals surface area contributed by atoms with E-state index in [0.717, 1.165) is 10.9 Å². The Morgan fingerprint density at radius 1 is 0.579 bits per heavy atom. The summed E-state index contributed by atoms with van der Waals surface area (Å²) in [5.74, 6) is 0. The maximum absolute atomic E-state index is 3.96. The van der Waals surface area contributed by atoms with E-state index in [-0.39, 0.29) is 5.41 Å². The molecule has 0 spiro atoms. The number of para-hydroxylation sites is 1. The van der Waals surface area contributed by atoms with Crippen LogP contribution in [0, 0.1) is 0 Å². The number of fused-ring (bicyclic) bond motifs is 7. The molecule has 38 heavy (non-hydrogen) atoms. The van der Waals surface area contributed by atoms with E-state index in [1.807, 2.05) is 0 Å². The molecule has 0 saturated carbocycles. The predicted octanol–water partition coefficient (Wildman–Crippen LogP) is 10.4. The molecule has 0 atom stereocenters. The molecule has 1 aliphatic carbocycles. The molecule has 0 N–H and O–H groups in total. The van der Waals surface area contributed by atoms with Gasteiger partial charge in [0.15, 0.2) is 0 Å². The van der Waals surface area contributed by atoms with Crippen molar-refractivity contribution in [1.29, 1.82) is 0 Å². The van der Waals surface area contributed by atoms with Crippen LogP contribution >= 0.6 is 15.9 Å². The highest BCUT2D eigenvalue weighted by Crippen LogP contribution is 2.57. The predicted molar refractivity (Wildman–Crippen MR) is 164 cm³/mol. The summed E-state index contributed by atoms with van der Waals surface area (Å²) in [6.45, 7) is 4.76. The van der Waals surface area contributed by atoms with Crippen molar-refractivity contribution in [3.8, 4) is 11.1 Å². The normalized spacial score (nSPS) is 14.8. The van der Waals surface area contributed by atoms with Crippen LogP contribution in [0.2, 0.25) is 0 Å². The molecule has 6 aromatic carbocycles. The van der Waals surface area contributed by atoms with Crippen molar-refractivity contribution < 1.29 is 0 Å². The molecular weight excluding hydrogens is 526 g/mol. The van der Waals surface area contributed by atoms with Gasteiger partial charge in [-0.3, -0.25) is 0 Å². The topological polar surface area (TPSA) is 3.24 Å². The van der Waals surface area contributed by atoms with Crippen molar-refractivity contribution in [2.45, 2.75) is 25.7 Å². The second kappa shape index (κ2) is 7.82. The summed E-state index contributed by atoms with van der Waals surface area (Å²) < 4.78 is 1.16. The van der Waals surface area contributed by atoms with E-state index in [0.29, 0.717) is 0 Å². The largest absolute Gasteiger partial charge is 0.309 e. The van der Waals surface area contributed by atoms with Crippen molar-refractivity contribution >= 4 is 54.5 Å². The summed E-state index contributed by atoms with van der Waals surface area (Å²) in [6.07, 6.45) is 0.983. The van der Waals surface area contributed by atoms with Crippen LogP contribution < -0.4 is 4.90 Å². The monoisotopic (exact) mass is 551 g/mol. The quantitative estimate of drug-likeness (QED) is 0.183. The second-order valence-electron chi connectivity index (χ2n) is 11.1. The summed E-state index contributed by atoms with van der Waals surface area (Å²) in [5.41, 5.74) is 12.0. The Bertz CT molecular complexity index is 1890. The van der Waals surface area contributed by atoms with Gasteiger partial charge in [-0.05, 0) is 84.7 Å². The third-order valence-electron chi connectivity index (χ3n) is 8.70. The second-order valence-corrected chi connectivity index (χ2v) is 11.9. The van der Waals surface area contributed by atoms with Gasteiger partial charge in [0.2, 0.25) is 0 Å². The Labute approximate surface area is 231 Å². The first-order chi connectivity index (χ1) is 18.5. The number of nitrogens with zero attached hydrogens (tertiary/aromatic N) is 1. The first kappa shape index (κ1) is 22.1. The average Bonchev–Trinajstić information content (AvgIpc) is 3.32. The van der Waals surface area contributed by atoms with Crippen molar-refractivity contribution in [2.24, 2.45) is 0 Å². The molecule has 1 heterocycles. The Morgan fingerprint density at radius 2 is 1.18 bits per heavy atom. The Balaban J connectivity index is 1.52. The minimum atomic E-state index is -0.129. The highest BCUT2D eigenvalue weighted by Gasteiger charge is 2.39. The zero-order valence-electron chi connectivity index (χ0n) is 21.4. The molecule has 182 valence electrons. The smallest absolute Gasteiger partial charge is 0.0619 e. The zero-order chi connectivity index (χ0) is 25.6. The summed E-state index contributed by atoms with van der Waals surface area (Å²) in [7, 11) is 0. The number of benzene rings is 6. The summed E-state index contributed by atoms with van der Waals surface area (Å²) >= 11 is 3.96. The first-order valence-electron chi connectivity index (χ1n) is 13.3. The van der Waals surface area contributed by atoms with E-state index in [1.165, 1.54) is 72.0 Å². The summed E-state index contributed by atoms with van der Waals surface area (Å²) in [6, 6.07) is 40.4. The number of hydrogen-bond donors (Lipinski definition) is 0. The fourth-order valence-corrected chi connectivity index (χ4v) is 7.55. The van der Waals surface area contributed by atoms with E-state index in [2.05, 4.69) is 144 Å². The van der Waals surface area contributed by atoms with E-state index >= 15 is 0 Å². The van der Waals surface area contributed by atoms with Gasteiger partial charge < -0.3 is 4.90 Å². The molecule has 6 aromatic rings. The van der Waals surface area contributed by atoms with Gasteiger partial charge in [-0.1, -0.05) is 105 Å². The molecular formula is C36H26BrN. The van der Waals surface area contributed by atoms with Crippen LogP contribution in [-0.4, -0.2) is 0 Å². The number of rotatable bonds is 1. The van der Waals surface area contributed by atoms with E-state index in [1.54, 1.807) is 0 Å². The van der Waals surface area contributed by atoms with Crippen LogP contribution in [0.3, 0.4) is 0 Å². The van der Waals surface area contributed by atoms with E-state index in [9.17, 15) is 0 Å². The van der Waals surface area contributed by atoms with Gasteiger partial charge in [-0.15, -0.1) is 0 Å². The Kier molecular flexibility index (Phi) is 4.55. The fourth-order valence-electron chi connectivity index (χ4n) is 6.86. The Morgan fingerprint density at radius 3 is 1.92 bits per heavy atom. The average molecular weight is 553 g/mol. The highest BCUT2D eigenvalue weighted by molar-refractivity contribution is 9.10. The van der Waals surface area contributed by atoms with Crippen molar-refractivity contribution in [2.75, 3.05) is 4.90 Å². The standard InChI is InChI=1S/C36H26BrN/c1-36(2)30-17-9-10-18-32(30)38(33-20-23-19-22-11-3-4-12-24(22)29(23)21-31(33)36)35-27-15-7-5-13-25(27)34(37)26-14-6-8-16-28(26)35/h3-18,20-21H,19H2,1-2H3.